The van der Waals surface area contributed by atoms with Crippen LogP contribution in [0.15, 0.2) is 59.9 Å². The number of nitrogens with zero attached hydrogens (tertiary/aromatic N) is 2. The average molecular weight is 344 g/mol. The Bertz CT molecular complexity index is 740. The maximum atomic E-state index is 12.3. The van der Waals surface area contributed by atoms with E-state index < -0.39 is 0 Å². The number of carbonyl (C=O) groups excluding carboxylic acids is 1. The third-order valence-corrected chi connectivity index (χ3v) is 4.91. The first-order valence-electron chi connectivity index (χ1n) is 7.26. The lowest BCUT2D eigenvalue weighted by atomic mass is 10.3. The van der Waals surface area contributed by atoms with Gasteiger partial charge in [0, 0.05) is 19.2 Å². The Morgan fingerprint density at radius 2 is 2.09 bits per heavy atom. The van der Waals surface area contributed by atoms with E-state index in [1.807, 2.05) is 30.3 Å². The molecule has 1 aromatic rings. The van der Waals surface area contributed by atoms with Gasteiger partial charge in [0.05, 0.1) is 10.6 Å². The number of hydrogen-bond donors (Lipinski definition) is 0. The van der Waals surface area contributed by atoms with Crippen LogP contribution in [0.5, 0.6) is 5.75 Å². The van der Waals surface area contributed by atoms with Crippen LogP contribution in [0.3, 0.4) is 0 Å². The number of allylic oxidation sites excluding steroid dienone is 2. The van der Waals surface area contributed by atoms with Crippen molar-refractivity contribution < 1.29 is 9.53 Å². The third kappa shape index (κ3) is 2.92. The molecular weight excluding hydrogens is 328 g/mol. The molecular formula is C17H16N2O2S2. The number of anilines is 1. The van der Waals surface area contributed by atoms with Crippen LogP contribution in [-0.4, -0.2) is 28.2 Å². The topological polar surface area (TPSA) is 32.8 Å². The molecule has 1 amide bonds. The zero-order chi connectivity index (χ0) is 16.4. The first kappa shape index (κ1) is 15.8. The van der Waals surface area contributed by atoms with Crippen molar-refractivity contribution in [3.8, 4) is 5.75 Å². The summed E-state index contributed by atoms with van der Waals surface area (Å²) < 4.78 is 6.42. The molecule has 3 rings (SSSR count). The summed E-state index contributed by atoms with van der Waals surface area (Å²) >= 11 is 6.53. The maximum Gasteiger partial charge on any atom is 0.266 e. The molecule has 0 unspecified atom stereocenters. The minimum Gasteiger partial charge on any atom is -0.439 e. The number of amides is 1. The molecule has 1 aromatic carbocycles. The van der Waals surface area contributed by atoms with Crippen molar-refractivity contribution in [2.24, 2.45) is 0 Å². The first-order valence-corrected chi connectivity index (χ1v) is 8.49. The van der Waals surface area contributed by atoms with Gasteiger partial charge in [0.1, 0.15) is 4.32 Å². The van der Waals surface area contributed by atoms with Gasteiger partial charge in [0.2, 0.25) is 5.88 Å². The number of hydrogen-bond acceptors (Lipinski definition) is 5. The van der Waals surface area contributed by atoms with E-state index in [9.17, 15) is 4.79 Å². The van der Waals surface area contributed by atoms with Crippen molar-refractivity contribution in [2.45, 2.75) is 6.92 Å². The summed E-state index contributed by atoms with van der Waals surface area (Å²) in [6.45, 7) is 6.93. The Morgan fingerprint density at radius 1 is 1.30 bits per heavy atom. The number of fused-ring (bicyclic) bond motifs is 1. The van der Waals surface area contributed by atoms with Gasteiger partial charge in [-0.3, -0.25) is 9.69 Å². The van der Waals surface area contributed by atoms with Gasteiger partial charge >= 0.3 is 0 Å². The predicted molar refractivity (Wildman–Crippen MR) is 98.4 cm³/mol. The predicted octanol–water partition coefficient (Wildman–Crippen LogP) is 3.68. The molecule has 0 bridgehead atoms. The highest BCUT2D eigenvalue weighted by Crippen LogP contribution is 2.38. The number of ether oxygens (including phenoxy) is 1. The molecule has 23 heavy (non-hydrogen) atoms. The van der Waals surface area contributed by atoms with Crippen molar-refractivity contribution in [2.75, 3.05) is 18.0 Å². The van der Waals surface area contributed by atoms with Crippen LogP contribution in [0.2, 0.25) is 0 Å². The summed E-state index contributed by atoms with van der Waals surface area (Å²) in [5.41, 5.74) is 1.04. The van der Waals surface area contributed by atoms with Gasteiger partial charge < -0.3 is 9.64 Å². The Labute approximate surface area is 145 Å². The van der Waals surface area contributed by atoms with Crippen LogP contribution in [0.4, 0.5) is 5.69 Å². The number of rotatable bonds is 4. The number of thioether (sulfide) groups is 1. The van der Waals surface area contributed by atoms with Gasteiger partial charge in [-0.2, -0.15) is 0 Å². The van der Waals surface area contributed by atoms with E-state index in [2.05, 4.69) is 18.4 Å². The Morgan fingerprint density at radius 3 is 2.83 bits per heavy atom. The lowest BCUT2D eigenvalue weighted by Crippen LogP contribution is -2.27. The van der Waals surface area contributed by atoms with Gasteiger partial charge in [-0.15, -0.1) is 6.58 Å². The summed E-state index contributed by atoms with van der Waals surface area (Å²) in [6, 6.07) is 7.87. The average Bonchev–Trinajstić information content (AvgIpc) is 3.04. The normalized spacial score (nSPS) is 20.4. The van der Waals surface area contributed by atoms with E-state index in [-0.39, 0.29) is 5.91 Å². The second-order valence-corrected chi connectivity index (χ2v) is 6.60. The van der Waals surface area contributed by atoms with Crippen LogP contribution in [0.1, 0.15) is 6.92 Å². The van der Waals surface area contributed by atoms with Crippen LogP contribution in [0, 0.1) is 0 Å². The Balaban J connectivity index is 1.85. The summed E-state index contributed by atoms with van der Waals surface area (Å²) in [6.07, 6.45) is 5.26. The lowest BCUT2D eigenvalue weighted by Gasteiger charge is -2.14. The van der Waals surface area contributed by atoms with Crippen LogP contribution in [-0.2, 0) is 4.79 Å². The fourth-order valence-electron chi connectivity index (χ4n) is 2.45. The molecule has 4 nitrogen and oxygen atoms in total. The Hall–Kier alpha value is -2.05. The zero-order valence-electron chi connectivity index (χ0n) is 12.7. The van der Waals surface area contributed by atoms with Crippen LogP contribution in [0.25, 0.3) is 0 Å². The number of benzene rings is 1. The van der Waals surface area contributed by atoms with Crippen molar-refractivity contribution in [1.82, 2.24) is 4.90 Å². The zero-order valence-corrected chi connectivity index (χ0v) is 14.3. The highest BCUT2D eigenvalue weighted by molar-refractivity contribution is 8.26. The van der Waals surface area contributed by atoms with Gasteiger partial charge in [0.25, 0.3) is 5.91 Å². The molecule has 0 radical (unpaired) electrons. The molecule has 2 heterocycles. The molecule has 0 aromatic heterocycles. The largest absolute Gasteiger partial charge is 0.439 e. The molecule has 6 heteroatoms. The molecule has 2 aliphatic heterocycles. The smallest absolute Gasteiger partial charge is 0.266 e. The summed E-state index contributed by atoms with van der Waals surface area (Å²) in [5, 5.41) is 0. The second-order valence-electron chi connectivity index (χ2n) is 4.92. The van der Waals surface area contributed by atoms with Crippen molar-refractivity contribution >= 4 is 39.9 Å². The summed E-state index contributed by atoms with van der Waals surface area (Å²) in [5.74, 6) is 1.45. The highest BCUT2D eigenvalue weighted by atomic mass is 32.2. The minimum atomic E-state index is -0.0877. The van der Waals surface area contributed by atoms with Crippen molar-refractivity contribution in [1.29, 1.82) is 0 Å². The van der Waals surface area contributed by atoms with Crippen molar-refractivity contribution in [3.05, 3.63) is 59.9 Å². The highest BCUT2D eigenvalue weighted by Gasteiger charge is 2.31. The van der Waals surface area contributed by atoms with E-state index in [1.165, 1.54) is 11.8 Å². The molecule has 118 valence electrons. The molecule has 0 saturated carbocycles. The maximum absolute atomic E-state index is 12.3. The standard InChI is InChI=1S/C17H16N2O2S2/c1-3-11-19-16(20)14(23-17(19)22)9-10-15-18(4-2)12-7-5-6-8-13(12)21-15/h3,5-10H,1,4,11H2,2H3. The van der Waals surface area contributed by atoms with E-state index in [0.29, 0.717) is 21.7 Å². The fraction of sp³-hybridized carbons (Fsp3) is 0.176. The van der Waals surface area contributed by atoms with E-state index in [4.69, 9.17) is 17.0 Å². The van der Waals surface area contributed by atoms with E-state index >= 15 is 0 Å². The summed E-state index contributed by atoms with van der Waals surface area (Å²) in [4.78, 5) is 16.5. The van der Waals surface area contributed by atoms with Crippen LogP contribution < -0.4 is 9.64 Å². The quantitative estimate of drug-likeness (QED) is 0.473. The number of carbonyl (C=O) groups is 1. The molecule has 0 N–H and O–H groups in total. The van der Waals surface area contributed by atoms with Crippen molar-refractivity contribution in [3.63, 3.8) is 0 Å². The molecule has 2 aliphatic rings. The Kier molecular flexibility index (Phi) is 4.54. The van der Waals surface area contributed by atoms with Gasteiger partial charge in [-0.25, -0.2) is 0 Å². The van der Waals surface area contributed by atoms with Gasteiger partial charge in [0.15, 0.2) is 5.75 Å². The lowest BCUT2D eigenvalue weighted by molar-refractivity contribution is -0.121. The SMILES string of the molecule is C=CCN1C(=O)C(=CC=C2Oc3ccccc3N2CC)SC1=S. The van der Waals surface area contributed by atoms with E-state index in [0.717, 1.165) is 18.0 Å². The number of para-hydroxylation sites is 2. The second kappa shape index (κ2) is 6.60. The molecule has 1 saturated heterocycles. The molecule has 0 spiro atoms. The fourth-order valence-corrected chi connectivity index (χ4v) is 3.67. The summed E-state index contributed by atoms with van der Waals surface area (Å²) in [7, 11) is 0. The first-order chi connectivity index (χ1) is 11.2. The molecule has 0 aliphatic carbocycles. The van der Waals surface area contributed by atoms with E-state index in [1.54, 1.807) is 17.1 Å². The number of thiocarbonyl (C=S) groups is 1. The molecule has 1 fully saturated rings. The van der Waals surface area contributed by atoms with Crippen LogP contribution >= 0.6 is 24.0 Å². The molecule has 0 atom stereocenters. The van der Waals surface area contributed by atoms with Gasteiger partial charge in [-0.1, -0.05) is 42.2 Å². The minimum absolute atomic E-state index is 0.0877. The van der Waals surface area contributed by atoms with Gasteiger partial charge in [-0.05, 0) is 25.1 Å². The third-order valence-electron chi connectivity index (χ3n) is 3.52. The monoisotopic (exact) mass is 344 g/mol.